The lowest BCUT2D eigenvalue weighted by Gasteiger charge is -2.36. The summed E-state index contributed by atoms with van der Waals surface area (Å²) >= 11 is 1.61. The third-order valence-electron chi connectivity index (χ3n) is 5.30. The molecule has 148 valence electrons. The van der Waals surface area contributed by atoms with Gasteiger partial charge in [-0.1, -0.05) is 24.3 Å². The molecule has 0 bridgehead atoms. The summed E-state index contributed by atoms with van der Waals surface area (Å²) in [6, 6.07) is 13.4. The van der Waals surface area contributed by atoms with Crippen LogP contribution in [-0.4, -0.2) is 60.5 Å². The molecule has 28 heavy (non-hydrogen) atoms. The molecule has 2 aliphatic rings. The van der Waals surface area contributed by atoms with Gasteiger partial charge in [0.25, 0.3) is 5.91 Å². The van der Waals surface area contributed by atoms with Gasteiger partial charge in [0, 0.05) is 36.6 Å². The Balaban J connectivity index is 1.38. The highest BCUT2D eigenvalue weighted by atomic mass is 32.1. The molecule has 1 aliphatic carbocycles. The summed E-state index contributed by atoms with van der Waals surface area (Å²) in [6.45, 7) is 3.00. The number of thiophene rings is 1. The van der Waals surface area contributed by atoms with Gasteiger partial charge in [-0.05, 0) is 42.3 Å². The van der Waals surface area contributed by atoms with E-state index in [1.165, 1.54) is 12.8 Å². The number of hydrogen-bond donors (Lipinski definition) is 0. The average molecular weight is 399 g/mol. The van der Waals surface area contributed by atoms with Crippen molar-refractivity contribution in [2.45, 2.75) is 25.4 Å². The zero-order valence-electron chi connectivity index (χ0n) is 16.0. The molecule has 1 aromatic carbocycles. The maximum Gasteiger partial charge on any atom is 0.253 e. The fourth-order valence-corrected chi connectivity index (χ4v) is 4.29. The van der Waals surface area contributed by atoms with Crippen molar-refractivity contribution >= 4 is 23.2 Å². The summed E-state index contributed by atoms with van der Waals surface area (Å²) in [4.78, 5) is 30.5. The topological polar surface area (TPSA) is 49.9 Å². The molecular formula is C22H26N2O3S. The number of hydrogen-bond acceptors (Lipinski definition) is 4. The first-order valence-corrected chi connectivity index (χ1v) is 10.8. The number of ether oxygens (including phenoxy) is 1. The summed E-state index contributed by atoms with van der Waals surface area (Å²) in [5.41, 5.74) is 0.713. The van der Waals surface area contributed by atoms with Crippen molar-refractivity contribution in [2.75, 3.05) is 32.8 Å². The van der Waals surface area contributed by atoms with Crippen LogP contribution in [0.3, 0.4) is 0 Å². The lowest BCUT2D eigenvalue weighted by Crippen LogP contribution is -2.51. The van der Waals surface area contributed by atoms with Crippen molar-refractivity contribution in [3.63, 3.8) is 0 Å². The number of rotatable bonds is 7. The van der Waals surface area contributed by atoms with Gasteiger partial charge in [-0.15, -0.1) is 11.3 Å². The monoisotopic (exact) mass is 398 g/mol. The Morgan fingerprint density at radius 3 is 2.64 bits per heavy atom. The van der Waals surface area contributed by atoms with Gasteiger partial charge in [-0.2, -0.15) is 0 Å². The maximum absolute atomic E-state index is 13.0. The Labute approximate surface area is 169 Å². The van der Waals surface area contributed by atoms with Crippen molar-refractivity contribution in [1.29, 1.82) is 0 Å². The molecule has 2 fully saturated rings. The standard InChI is InChI=1S/C22H26N2O3S/c25-21(13-20-7-4-12-28-20)23-10-11-27-19(15-23)16-24(14-17-8-9-17)22(26)18-5-2-1-3-6-18/h1-7,12,17,19H,8-11,13-16H2. The number of carbonyl (C=O) groups excluding carboxylic acids is 2. The molecular weight excluding hydrogens is 372 g/mol. The van der Waals surface area contributed by atoms with Crippen LogP contribution in [0.5, 0.6) is 0 Å². The predicted molar refractivity (Wildman–Crippen MR) is 109 cm³/mol. The minimum absolute atomic E-state index is 0.0538. The first kappa shape index (κ1) is 19.2. The van der Waals surface area contributed by atoms with Crippen LogP contribution in [0.2, 0.25) is 0 Å². The molecule has 0 spiro atoms. The molecule has 4 rings (SSSR count). The third-order valence-corrected chi connectivity index (χ3v) is 6.18. The van der Waals surface area contributed by atoms with Crippen LogP contribution in [0.25, 0.3) is 0 Å². The smallest absolute Gasteiger partial charge is 0.253 e. The van der Waals surface area contributed by atoms with E-state index < -0.39 is 0 Å². The minimum Gasteiger partial charge on any atom is -0.373 e. The zero-order chi connectivity index (χ0) is 19.3. The summed E-state index contributed by atoms with van der Waals surface area (Å²) in [7, 11) is 0. The molecule has 1 saturated heterocycles. The van der Waals surface area contributed by atoms with E-state index in [-0.39, 0.29) is 17.9 Å². The molecule has 5 nitrogen and oxygen atoms in total. The number of benzene rings is 1. The largest absolute Gasteiger partial charge is 0.373 e. The molecule has 0 N–H and O–H groups in total. The molecule has 1 aromatic heterocycles. The fourth-order valence-electron chi connectivity index (χ4n) is 3.59. The Kier molecular flexibility index (Phi) is 6.07. The highest BCUT2D eigenvalue weighted by molar-refractivity contribution is 7.10. The molecule has 1 unspecified atom stereocenters. The predicted octanol–water partition coefficient (Wildman–Crippen LogP) is 3.07. The first-order valence-electron chi connectivity index (χ1n) is 9.95. The Morgan fingerprint density at radius 1 is 1.11 bits per heavy atom. The Hall–Kier alpha value is -2.18. The molecule has 2 heterocycles. The van der Waals surface area contributed by atoms with Crippen molar-refractivity contribution in [3.05, 3.63) is 58.3 Å². The van der Waals surface area contributed by atoms with Crippen LogP contribution in [-0.2, 0) is 16.0 Å². The van der Waals surface area contributed by atoms with E-state index in [1.54, 1.807) is 11.3 Å². The van der Waals surface area contributed by atoms with E-state index in [0.717, 1.165) is 11.4 Å². The highest BCUT2D eigenvalue weighted by Crippen LogP contribution is 2.30. The van der Waals surface area contributed by atoms with E-state index in [4.69, 9.17) is 4.74 Å². The number of carbonyl (C=O) groups is 2. The van der Waals surface area contributed by atoms with Crippen LogP contribution in [0.15, 0.2) is 47.8 Å². The van der Waals surface area contributed by atoms with Gasteiger partial charge in [0.15, 0.2) is 0 Å². The van der Waals surface area contributed by atoms with Gasteiger partial charge >= 0.3 is 0 Å². The quantitative estimate of drug-likeness (QED) is 0.720. The maximum atomic E-state index is 13.0. The van der Waals surface area contributed by atoms with Gasteiger partial charge in [0.05, 0.1) is 19.1 Å². The summed E-state index contributed by atoms with van der Waals surface area (Å²) in [6.07, 6.45) is 2.69. The van der Waals surface area contributed by atoms with Crippen LogP contribution in [0.4, 0.5) is 0 Å². The lowest BCUT2D eigenvalue weighted by atomic mass is 10.1. The van der Waals surface area contributed by atoms with E-state index >= 15 is 0 Å². The van der Waals surface area contributed by atoms with Crippen LogP contribution in [0.1, 0.15) is 28.1 Å². The summed E-state index contributed by atoms with van der Waals surface area (Å²) in [5, 5.41) is 2.00. The molecule has 1 aliphatic heterocycles. The van der Waals surface area contributed by atoms with Crippen LogP contribution >= 0.6 is 11.3 Å². The van der Waals surface area contributed by atoms with Crippen molar-refractivity contribution in [1.82, 2.24) is 9.80 Å². The summed E-state index contributed by atoms with van der Waals surface area (Å²) < 4.78 is 5.93. The number of morpholine rings is 1. The fraction of sp³-hybridized carbons (Fsp3) is 0.455. The van der Waals surface area contributed by atoms with Crippen LogP contribution < -0.4 is 0 Å². The number of amides is 2. The second-order valence-corrected chi connectivity index (χ2v) is 8.64. The van der Waals surface area contributed by atoms with Gasteiger partial charge < -0.3 is 14.5 Å². The normalized spacial score (nSPS) is 19.4. The van der Waals surface area contributed by atoms with Crippen molar-refractivity contribution < 1.29 is 14.3 Å². The summed E-state index contributed by atoms with van der Waals surface area (Å²) in [5.74, 6) is 0.796. The average Bonchev–Trinajstić information content (AvgIpc) is 3.40. The highest BCUT2D eigenvalue weighted by Gasteiger charge is 2.31. The van der Waals surface area contributed by atoms with Crippen molar-refractivity contribution in [3.8, 4) is 0 Å². The lowest BCUT2D eigenvalue weighted by molar-refractivity contribution is -0.138. The van der Waals surface area contributed by atoms with Gasteiger partial charge in [-0.25, -0.2) is 0 Å². The van der Waals surface area contributed by atoms with Crippen molar-refractivity contribution in [2.24, 2.45) is 5.92 Å². The van der Waals surface area contributed by atoms with E-state index in [9.17, 15) is 9.59 Å². The second kappa shape index (κ2) is 8.88. The van der Waals surface area contributed by atoms with E-state index in [0.29, 0.717) is 44.1 Å². The molecule has 2 aromatic rings. The molecule has 1 saturated carbocycles. The Bertz CT molecular complexity index is 789. The second-order valence-electron chi connectivity index (χ2n) is 7.61. The van der Waals surface area contributed by atoms with E-state index in [2.05, 4.69) is 0 Å². The third kappa shape index (κ3) is 5.00. The van der Waals surface area contributed by atoms with E-state index in [1.807, 2.05) is 57.6 Å². The molecule has 2 amide bonds. The zero-order valence-corrected chi connectivity index (χ0v) is 16.8. The van der Waals surface area contributed by atoms with Gasteiger partial charge in [0.1, 0.15) is 0 Å². The van der Waals surface area contributed by atoms with Crippen LogP contribution in [0, 0.1) is 5.92 Å². The SMILES string of the molecule is O=C(Cc1cccs1)N1CCOC(CN(CC2CC2)C(=O)c2ccccc2)C1. The molecule has 1 atom stereocenters. The van der Waals surface area contributed by atoms with Gasteiger partial charge in [-0.3, -0.25) is 9.59 Å². The number of nitrogens with zero attached hydrogens (tertiary/aromatic N) is 2. The van der Waals surface area contributed by atoms with Gasteiger partial charge in [0.2, 0.25) is 5.91 Å². The first-order chi connectivity index (χ1) is 13.7. The Morgan fingerprint density at radius 2 is 1.93 bits per heavy atom. The molecule has 0 radical (unpaired) electrons. The minimum atomic E-state index is -0.132. The molecule has 6 heteroatoms.